The Morgan fingerprint density at radius 1 is 1.40 bits per heavy atom. The highest BCUT2D eigenvalue weighted by atomic mass is 16.4. The lowest BCUT2D eigenvalue weighted by Gasteiger charge is -2.02. The molecule has 0 atom stereocenters. The van der Waals surface area contributed by atoms with Crippen LogP contribution in [0, 0.1) is 0 Å². The summed E-state index contributed by atoms with van der Waals surface area (Å²) in [6.07, 6.45) is 0. The molecule has 0 aliphatic heterocycles. The lowest BCUT2D eigenvalue weighted by atomic mass is 10.2. The first-order chi connectivity index (χ1) is 7.11. The van der Waals surface area contributed by atoms with Gasteiger partial charge < -0.3 is 9.67 Å². The maximum absolute atomic E-state index is 10.8. The van der Waals surface area contributed by atoms with Gasteiger partial charge in [-0.05, 0) is 12.1 Å². The van der Waals surface area contributed by atoms with E-state index >= 15 is 0 Å². The van der Waals surface area contributed by atoms with Crippen molar-refractivity contribution in [2.45, 2.75) is 0 Å². The minimum atomic E-state index is -0.985. The van der Waals surface area contributed by atoms with Crippen LogP contribution in [0.15, 0.2) is 36.9 Å². The van der Waals surface area contributed by atoms with Gasteiger partial charge in [-0.25, -0.2) is 4.79 Å². The third-order valence-corrected chi connectivity index (χ3v) is 2.52. The number of carboxylic acid groups (broad SMARTS) is 1. The number of aliphatic carboxylic acids is 1. The fourth-order valence-electron chi connectivity index (χ4n) is 1.69. The number of hydrogen-bond donors (Lipinski definition) is 1. The van der Waals surface area contributed by atoms with Gasteiger partial charge in [0.05, 0.1) is 11.3 Å². The third kappa shape index (κ3) is 1.42. The zero-order valence-corrected chi connectivity index (χ0v) is 8.40. The molecule has 1 aromatic carbocycles. The fraction of sp³-hybridized carbons (Fsp3) is 0.0833. The third-order valence-electron chi connectivity index (χ3n) is 2.52. The summed E-state index contributed by atoms with van der Waals surface area (Å²) >= 11 is 0. The molecule has 0 saturated heterocycles. The van der Waals surface area contributed by atoms with E-state index in [1.165, 1.54) is 0 Å². The van der Waals surface area contributed by atoms with E-state index < -0.39 is 5.97 Å². The second-order valence-corrected chi connectivity index (χ2v) is 3.43. The lowest BCUT2D eigenvalue weighted by Crippen LogP contribution is -2.02. The van der Waals surface area contributed by atoms with E-state index in [9.17, 15) is 4.79 Å². The Labute approximate surface area is 87.3 Å². The van der Waals surface area contributed by atoms with Crippen LogP contribution < -0.4 is 0 Å². The summed E-state index contributed by atoms with van der Waals surface area (Å²) in [5, 5.41) is 9.90. The molecule has 0 aliphatic carbocycles. The molecule has 3 heteroatoms. The number of fused-ring (bicyclic) bond motifs is 1. The Kier molecular flexibility index (Phi) is 2.08. The van der Waals surface area contributed by atoms with Crippen molar-refractivity contribution in [3.63, 3.8) is 0 Å². The van der Waals surface area contributed by atoms with E-state index in [0.29, 0.717) is 5.69 Å². The maximum atomic E-state index is 10.8. The number of nitrogens with zero attached hydrogens (tertiary/aromatic N) is 1. The summed E-state index contributed by atoms with van der Waals surface area (Å²) in [4.78, 5) is 10.8. The van der Waals surface area contributed by atoms with Gasteiger partial charge in [0.25, 0.3) is 0 Å². The molecule has 0 bridgehead atoms. The largest absolute Gasteiger partial charge is 0.478 e. The predicted molar refractivity (Wildman–Crippen MR) is 59.6 cm³/mol. The second kappa shape index (κ2) is 3.28. The van der Waals surface area contributed by atoms with Gasteiger partial charge in [0, 0.05) is 18.0 Å². The second-order valence-electron chi connectivity index (χ2n) is 3.43. The van der Waals surface area contributed by atoms with Crippen molar-refractivity contribution >= 4 is 22.4 Å². The van der Waals surface area contributed by atoms with E-state index in [0.717, 1.165) is 10.9 Å². The van der Waals surface area contributed by atoms with Crippen molar-refractivity contribution < 1.29 is 9.90 Å². The standard InChI is InChI=1S/C12H11NO2/c1-8(12(14)15)11-7-9-5-3-4-6-10(9)13(11)2/h3-7H,1H2,2H3,(H,14,15). The van der Waals surface area contributed by atoms with E-state index in [2.05, 4.69) is 6.58 Å². The van der Waals surface area contributed by atoms with Crippen LogP contribution in [0.3, 0.4) is 0 Å². The number of rotatable bonds is 2. The minimum absolute atomic E-state index is 0.119. The number of benzene rings is 1. The van der Waals surface area contributed by atoms with E-state index in [4.69, 9.17) is 5.11 Å². The number of para-hydroxylation sites is 1. The van der Waals surface area contributed by atoms with Gasteiger partial charge in [-0.3, -0.25) is 0 Å². The fourth-order valence-corrected chi connectivity index (χ4v) is 1.69. The summed E-state index contributed by atoms with van der Waals surface area (Å²) in [5.74, 6) is -0.985. The maximum Gasteiger partial charge on any atom is 0.337 e. The Morgan fingerprint density at radius 3 is 2.67 bits per heavy atom. The van der Waals surface area contributed by atoms with Crippen LogP contribution in [0.1, 0.15) is 5.69 Å². The van der Waals surface area contributed by atoms with Crippen LogP contribution in [0.2, 0.25) is 0 Å². The van der Waals surface area contributed by atoms with Crippen molar-refractivity contribution in [1.29, 1.82) is 0 Å². The first-order valence-electron chi connectivity index (χ1n) is 4.58. The van der Waals surface area contributed by atoms with Crippen molar-refractivity contribution in [3.05, 3.63) is 42.6 Å². The normalized spacial score (nSPS) is 10.5. The van der Waals surface area contributed by atoms with Gasteiger partial charge in [0.2, 0.25) is 0 Å². The number of carbonyl (C=O) groups is 1. The van der Waals surface area contributed by atoms with Gasteiger partial charge in [-0.15, -0.1) is 0 Å². The molecule has 0 amide bonds. The van der Waals surface area contributed by atoms with Crippen molar-refractivity contribution in [1.82, 2.24) is 4.57 Å². The molecule has 2 aromatic rings. The van der Waals surface area contributed by atoms with E-state index in [1.807, 2.05) is 41.9 Å². The van der Waals surface area contributed by atoms with Gasteiger partial charge in [-0.1, -0.05) is 24.8 Å². The number of hydrogen-bond acceptors (Lipinski definition) is 1. The van der Waals surface area contributed by atoms with Crippen LogP contribution in [0.25, 0.3) is 16.5 Å². The average Bonchev–Trinajstić information content (AvgIpc) is 2.56. The highest BCUT2D eigenvalue weighted by Crippen LogP contribution is 2.22. The molecule has 1 heterocycles. The molecule has 0 spiro atoms. The summed E-state index contributed by atoms with van der Waals surface area (Å²) in [5.41, 5.74) is 1.77. The molecule has 76 valence electrons. The SMILES string of the molecule is C=C(C(=O)O)c1cc2ccccc2n1C. The van der Waals surface area contributed by atoms with Crippen LogP contribution in [-0.2, 0) is 11.8 Å². The average molecular weight is 201 g/mol. The first-order valence-corrected chi connectivity index (χ1v) is 4.58. The van der Waals surface area contributed by atoms with Gasteiger partial charge in [0.15, 0.2) is 0 Å². The quantitative estimate of drug-likeness (QED) is 0.757. The monoisotopic (exact) mass is 201 g/mol. The zero-order valence-electron chi connectivity index (χ0n) is 8.40. The lowest BCUT2D eigenvalue weighted by molar-refractivity contribution is -0.130. The number of aryl methyl sites for hydroxylation is 1. The summed E-state index contributed by atoms with van der Waals surface area (Å²) in [7, 11) is 1.84. The van der Waals surface area contributed by atoms with Crippen LogP contribution in [0.4, 0.5) is 0 Å². The molecular formula is C12H11NO2. The molecule has 0 radical (unpaired) electrons. The molecule has 1 aromatic heterocycles. The smallest absolute Gasteiger partial charge is 0.337 e. The summed E-state index contributed by atoms with van der Waals surface area (Å²) in [6.45, 7) is 3.56. The van der Waals surface area contributed by atoms with Crippen molar-refractivity contribution in [3.8, 4) is 0 Å². The molecule has 0 saturated carbocycles. The van der Waals surface area contributed by atoms with Crippen molar-refractivity contribution in [2.24, 2.45) is 7.05 Å². The van der Waals surface area contributed by atoms with E-state index in [1.54, 1.807) is 0 Å². The summed E-state index contributed by atoms with van der Waals surface area (Å²) in [6, 6.07) is 9.60. The topological polar surface area (TPSA) is 42.2 Å². The van der Waals surface area contributed by atoms with E-state index in [-0.39, 0.29) is 5.57 Å². The summed E-state index contributed by atoms with van der Waals surface area (Å²) < 4.78 is 1.84. The highest BCUT2D eigenvalue weighted by Gasteiger charge is 2.12. The van der Waals surface area contributed by atoms with Crippen LogP contribution in [0.5, 0.6) is 0 Å². The molecule has 0 fully saturated rings. The number of carboxylic acids is 1. The molecule has 2 rings (SSSR count). The van der Waals surface area contributed by atoms with Crippen molar-refractivity contribution in [2.75, 3.05) is 0 Å². The molecule has 3 nitrogen and oxygen atoms in total. The van der Waals surface area contributed by atoms with Gasteiger partial charge >= 0.3 is 5.97 Å². The molecule has 0 unspecified atom stereocenters. The predicted octanol–water partition coefficient (Wildman–Crippen LogP) is 2.28. The van der Waals surface area contributed by atoms with Crippen LogP contribution in [-0.4, -0.2) is 15.6 Å². The van der Waals surface area contributed by atoms with Crippen LogP contribution >= 0.6 is 0 Å². The van der Waals surface area contributed by atoms with Gasteiger partial charge in [0.1, 0.15) is 0 Å². The zero-order chi connectivity index (χ0) is 11.0. The molecular weight excluding hydrogens is 190 g/mol. The highest BCUT2D eigenvalue weighted by molar-refractivity contribution is 6.15. The van der Waals surface area contributed by atoms with Gasteiger partial charge in [-0.2, -0.15) is 0 Å². The minimum Gasteiger partial charge on any atom is -0.478 e. The number of aromatic nitrogens is 1. The molecule has 1 N–H and O–H groups in total. The molecule has 0 aliphatic rings. The Morgan fingerprint density at radius 2 is 2.07 bits per heavy atom. The Hall–Kier alpha value is -2.03. The molecule has 15 heavy (non-hydrogen) atoms. The Bertz CT molecular complexity index is 552. The first kappa shape index (κ1) is 9.52. The Balaban J connectivity index is 2.68.